The van der Waals surface area contributed by atoms with Gasteiger partial charge in [-0.2, -0.15) is 5.26 Å². The van der Waals surface area contributed by atoms with Crippen molar-refractivity contribution in [1.82, 2.24) is 10.3 Å². The predicted molar refractivity (Wildman–Crippen MR) is 106 cm³/mol. The summed E-state index contributed by atoms with van der Waals surface area (Å²) in [7, 11) is 0. The van der Waals surface area contributed by atoms with E-state index in [1.165, 1.54) is 11.8 Å². The lowest BCUT2D eigenvalue weighted by atomic mass is 9.82. The fraction of sp³-hybridized carbons (Fsp3) is 0.190. The van der Waals surface area contributed by atoms with E-state index >= 15 is 0 Å². The van der Waals surface area contributed by atoms with Crippen LogP contribution in [0.3, 0.4) is 0 Å². The topological polar surface area (TPSA) is 75.0 Å². The molecule has 1 aliphatic rings. The standard InChI is InChI=1S/C21H19N3O2S/c1-3-26-21(25)18-17(15-10-7-11-23-13-15)16(12-22)20(27-2)24-19(18)14-8-5-4-6-9-14/h4-11,13,17,24H,3H2,1-2H3/t17-/m1/s1. The molecule has 0 spiro atoms. The summed E-state index contributed by atoms with van der Waals surface area (Å²) in [6, 6.07) is 15.6. The number of rotatable bonds is 5. The first-order valence-corrected chi connectivity index (χ1v) is 9.75. The molecule has 27 heavy (non-hydrogen) atoms. The SMILES string of the molecule is CCOC(=O)C1=C(c2ccccc2)NC(SC)=C(C#N)[C@H]1c1cccnc1. The number of hydrogen-bond donors (Lipinski definition) is 1. The lowest BCUT2D eigenvalue weighted by Gasteiger charge is -2.30. The number of hydrogen-bond acceptors (Lipinski definition) is 6. The number of esters is 1. The summed E-state index contributed by atoms with van der Waals surface area (Å²) in [6.07, 6.45) is 5.26. The Labute approximate surface area is 162 Å². The van der Waals surface area contributed by atoms with E-state index < -0.39 is 11.9 Å². The lowest BCUT2D eigenvalue weighted by Crippen LogP contribution is -2.29. The van der Waals surface area contributed by atoms with Crippen molar-refractivity contribution < 1.29 is 9.53 Å². The first kappa shape index (κ1) is 18.7. The number of nitrogens with zero attached hydrogens (tertiary/aromatic N) is 2. The number of allylic oxidation sites excluding steroid dienone is 1. The fourth-order valence-corrected chi connectivity index (χ4v) is 3.67. The zero-order valence-corrected chi connectivity index (χ0v) is 15.9. The van der Waals surface area contributed by atoms with Crippen LogP contribution < -0.4 is 5.32 Å². The average molecular weight is 377 g/mol. The summed E-state index contributed by atoms with van der Waals surface area (Å²) in [5.74, 6) is -0.979. The third-order valence-electron chi connectivity index (χ3n) is 4.23. The molecule has 0 saturated heterocycles. The Morgan fingerprint density at radius 1 is 1.30 bits per heavy atom. The van der Waals surface area contributed by atoms with Crippen LogP contribution in [0.5, 0.6) is 0 Å². The molecule has 2 aromatic rings. The first-order chi connectivity index (χ1) is 13.2. The molecule has 1 aromatic heterocycles. The molecule has 3 rings (SSSR count). The molecular formula is C21H19N3O2S. The van der Waals surface area contributed by atoms with Gasteiger partial charge in [-0.25, -0.2) is 4.79 Å². The van der Waals surface area contributed by atoms with Crippen LogP contribution in [-0.4, -0.2) is 23.8 Å². The molecule has 0 radical (unpaired) electrons. The minimum Gasteiger partial charge on any atom is -0.463 e. The molecule has 1 aliphatic heterocycles. The number of aromatic nitrogens is 1. The summed E-state index contributed by atoms with van der Waals surface area (Å²) in [5.41, 5.74) is 3.20. The normalized spacial score (nSPS) is 16.6. The Morgan fingerprint density at radius 3 is 2.67 bits per heavy atom. The molecule has 1 aromatic carbocycles. The van der Waals surface area contributed by atoms with Crippen LogP contribution in [0.15, 0.2) is 71.0 Å². The van der Waals surface area contributed by atoms with Gasteiger partial charge in [-0.3, -0.25) is 4.98 Å². The summed E-state index contributed by atoms with van der Waals surface area (Å²) < 4.78 is 5.35. The Morgan fingerprint density at radius 2 is 2.07 bits per heavy atom. The van der Waals surface area contributed by atoms with E-state index in [9.17, 15) is 10.1 Å². The molecule has 136 valence electrons. The van der Waals surface area contributed by atoms with E-state index in [0.717, 1.165) is 16.2 Å². The second-order valence-corrected chi connectivity index (χ2v) is 6.59. The van der Waals surface area contributed by atoms with Crippen LogP contribution in [0.2, 0.25) is 0 Å². The molecule has 0 amide bonds. The molecule has 0 aliphatic carbocycles. The van der Waals surface area contributed by atoms with E-state index in [4.69, 9.17) is 4.74 Å². The number of dihydropyridines is 1. The smallest absolute Gasteiger partial charge is 0.337 e. The van der Waals surface area contributed by atoms with Crippen molar-refractivity contribution in [2.45, 2.75) is 12.8 Å². The molecule has 1 atom stereocenters. The van der Waals surface area contributed by atoms with Crippen molar-refractivity contribution in [2.24, 2.45) is 0 Å². The third kappa shape index (κ3) is 3.74. The first-order valence-electron chi connectivity index (χ1n) is 8.53. The summed E-state index contributed by atoms with van der Waals surface area (Å²) >= 11 is 1.44. The zero-order chi connectivity index (χ0) is 19.2. The van der Waals surface area contributed by atoms with Gasteiger partial charge in [0.1, 0.15) is 0 Å². The molecule has 0 saturated carbocycles. The summed E-state index contributed by atoms with van der Waals surface area (Å²) in [4.78, 5) is 17.1. The van der Waals surface area contributed by atoms with Crippen LogP contribution >= 0.6 is 11.8 Å². The van der Waals surface area contributed by atoms with Crippen LogP contribution in [0.25, 0.3) is 5.70 Å². The van der Waals surface area contributed by atoms with Crippen molar-refractivity contribution >= 4 is 23.4 Å². The Hall–Kier alpha value is -3.04. The highest BCUT2D eigenvalue weighted by molar-refractivity contribution is 8.02. The molecule has 0 fully saturated rings. The summed E-state index contributed by atoms with van der Waals surface area (Å²) in [6.45, 7) is 2.02. The number of carbonyl (C=O) groups excluding carboxylic acids is 1. The largest absolute Gasteiger partial charge is 0.463 e. The van der Waals surface area contributed by atoms with Gasteiger partial charge in [0.25, 0.3) is 0 Å². The molecule has 5 nitrogen and oxygen atoms in total. The zero-order valence-electron chi connectivity index (χ0n) is 15.1. The number of ether oxygens (including phenoxy) is 1. The van der Waals surface area contributed by atoms with Gasteiger partial charge >= 0.3 is 5.97 Å². The summed E-state index contributed by atoms with van der Waals surface area (Å²) in [5, 5.41) is 13.9. The van der Waals surface area contributed by atoms with Gasteiger partial charge in [0.2, 0.25) is 0 Å². The van der Waals surface area contributed by atoms with E-state index in [1.807, 2.05) is 42.7 Å². The van der Waals surface area contributed by atoms with E-state index in [1.54, 1.807) is 25.4 Å². The van der Waals surface area contributed by atoms with Crippen LogP contribution in [0.1, 0.15) is 24.0 Å². The van der Waals surface area contributed by atoms with Crippen molar-refractivity contribution in [3.8, 4) is 6.07 Å². The maximum atomic E-state index is 12.9. The molecule has 1 N–H and O–H groups in total. The van der Waals surface area contributed by atoms with Gasteiger partial charge in [-0.1, -0.05) is 36.4 Å². The van der Waals surface area contributed by atoms with Gasteiger partial charge in [0.15, 0.2) is 0 Å². The Kier molecular flexibility index (Phi) is 5.94. The molecule has 6 heteroatoms. The number of pyridine rings is 1. The fourth-order valence-electron chi connectivity index (χ4n) is 3.09. The highest BCUT2D eigenvalue weighted by Crippen LogP contribution is 2.42. The van der Waals surface area contributed by atoms with Crippen LogP contribution in [0, 0.1) is 11.3 Å². The number of nitrogens with one attached hydrogen (secondary N) is 1. The van der Waals surface area contributed by atoms with Gasteiger partial charge in [0, 0.05) is 12.4 Å². The van der Waals surface area contributed by atoms with E-state index in [-0.39, 0.29) is 6.61 Å². The number of benzene rings is 1. The average Bonchev–Trinajstić information content (AvgIpc) is 2.73. The number of nitriles is 1. The molecular weight excluding hydrogens is 358 g/mol. The Bertz CT molecular complexity index is 931. The van der Waals surface area contributed by atoms with Gasteiger partial charge in [-0.15, -0.1) is 11.8 Å². The van der Waals surface area contributed by atoms with Gasteiger partial charge in [-0.05, 0) is 30.4 Å². The van der Waals surface area contributed by atoms with Crippen molar-refractivity contribution in [2.75, 3.05) is 12.9 Å². The van der Waals surface area contributed by atoms with Gasteiger partial charge < -0.3 is 10.1 Å². The van der Waals surface area contributed by atoms with Crippen molar-refractivity contribution in [1.29, 1.82) is 5.26 Å². The Balaban J connectivity index is 2.29. The minimum absolute atomic E-state index is 0.255. The predicted octanol–water partition coefficient (Wildman–Crippen LogP) is 3.84. The number of carbonyl (C=O) groups is 1. The van der Waals surface area contributed by atoms with E-state index in [0.29, 0.717) is 16.8 Å². The maximum absolute atomic E-state index is 12.9. The molecule has 0 unspecified atom stereocenters. The molecule has 2 heterocycles. The van der Waals surface area contributed by atoms with E-state index in [2.05, 4.69) is 16.4 Å². The lowest BCUT2D eigenvalue weighted by molar-refractivity contribution is -0.138. The third-order valence-corrected chi connectivity index (χ3v) is 4.96. The second kappa shape index (κ2) is 8.56. The monoisotopic (exact) mass is 377 g/mol. The quantitative estimate of drug-likeness (QED) is 0.798. The minimum atomic E-state index is -0.540. The van der Waals surface area contributed by atoms with Crippen molar-refractivity contribution in [3.05, 3.63) is 82.2 Å². The highest BCUT2D eigenvalue weighted by atomic mass is 32.2. The highest BCUT2D eigenvalue weighted by Gasteiger charge is 2.36. The second-order valence-electron chi connectivity index (χ2n) is 5.78. The van der Waals surface area contributed by atoms with Crippen LogP contribution in [0.4, 0.5) is 0 Å². The maximum Gasteiger partial charge on any atom is 0.337 e. The number of thioether (sulfide) groups is 1. The van der Waals surface area contributed by atoms with Crippen molar-refractivity contribution in [3.63, 3.8) is 0 Å². The molecule has 0 bridgehead atoms. The van der Waals surface area contributed by atoms with Crippen LogP contribution in [-0.2, 0) is 9.53 Å². The van der Waals surface area contributed by atoms with Gasteiger partial charge in [0.05, 0.1) is 40.5 Å².